The lowest BCUT2D eigenvalue weighted by Gasteiger charge is -2.13. The Bertz CT molecular complexity index is 404. The van der Waals surface area contributed by atoms with Gasteiger partial charge >= 0.3 is 0 Å². The van der Waals surface area contributed by atoms with Gasteiger partial charge in [0.1, 0.15) is 24.5 Å². The second-order valence-electron chi connectivity index (χ2n) is 4.21. The van der Waals surface area contributed by atoms with Gasteiger partial charge in [-0.05, 0) is 31.5 Å². The van der Waals surface area contributed by atoms with Gasteiger partial charge in [-0.15, -0.1) is 0 Å². The zero-order valence-electron chi connectivity index (χ0n) is 10.9. The van der Waals surface area contributed by atoms with Crippen LogP contribution in [0.25, 0.3) is 0 Å². The molecule has 19 heavy (non-hydrogen) atoms. The molecular weight excluding hydrogens is 244 g/mol. The molecule has 0 radical (unpaired) electrons. The monoisotopic (exact) mass is 264 g/mol. The molecule has 0 bridgehead atoms. The van der Waals surface area contributed by atoms with E-state index < -0.39 is 6.10 Å². The topological polar surface area (TPSA) is 85.5 Å². The largest absolute Gasteiger partial charge is 0.489 e. The minimum absolute atomic E-state index is 0.145. The number of ether oxygens (including phenoxy) is 1. The van der Waals surface area contributed by atoms with Gasteiger partial charge in [0, 0.05) is 13.2 Å². The van der Waals surface area contributed by atoms with Gasteiger partial charge in [0.2, 0.25) is 0 Å². The summed E-state index contributed by atoms with van der Waals surface area (Å²) in [7, 11) is 0. The Labute approximate surface area is 113 Å². The van der Waals surface area contributed by atoms with E-state index in [1.165, 1.54) is 0 Å². The number of nitrogens with one attached hydrogen (secondary N) is 1. The van der Waals surface area contributed by atoms with Gasteiger partial charge < -0.3 is 20.3 Å². The molecule has 1 unspecified atom stereocenters. The summed E-state index contributed by atoms with van der Waals surface area (Å²) in [6.45, 7) is 1.52. The van der Waals surface area contributed by atoms with Crippen LogP contribution >= 0.6 is 0 Å². The second-order valence-corrected chi connectivity index (χ2v) is 4.21. The Morgan fingerprint density at radius 1 is 1.32 bits per heavy atom. The molecule has 104 valence electrons. The number of nitriles is 1. The van der Waals surface area contributed by atoms with Crippen LogP contribution in [0.15, 0.2) is 24.3 Å². The summed E-state index contributed by atoms with van der Waals surface area (Å²) in [5.74, 6) is 0.490. The fourth-order valence-electron chi connectivity index (χ4n) is 1.56. The number of aliphatic hydroxyl groups is 2. The first-order valence-corrected chi connectivity index (χ1v) is 6.39. The molecule has 1 atom stereocenters. The van der Waals surface area contributed by atoms with Crippen LogP contribution < -0.4 is 10.1 Å². The van der Waals surface area contributed by atoms with Crippen molar-refractivity contribution in [2.75, 3.05) is 26.3 Å². The maximum Gasteiger partial charge on any atom is 0.137 e. The van der Waals surface area contributed by atoms with Crippen molar-refractivity contribution in [3.05, 3.63) is 29.8 Å². The number of aliphatic hydroxyl groups excluding tert-OH is 2. The summed E-state index contributed by atoms with van der Waals surface area (Å²) in [6.07, 6.45) is 1.01. The normalized spacial score (nSPS) is 11.8. The van der Waals surface area contributed by atoms with Crippen LogP contribution in [0.1, 0.15) is 18.4 Å². The highest BCUT2D eigenvalue weighted by atomic mass is 16.5. The molecule has 5 heteroatoms. The third-order valence-electron chi connectivity index (χ3n) is 2.58. The van der Waals surface area contributed by atoms with Crippen molar-refractivity contribution in [1.82, 2.24) is 5.32 Å². The van der Waals surface area contributed by atoms with E-state index in [0.29, 0.717) is 17.9 Å². The van der Waals surface area contributed by atoms with E-state index in [0.717, 1.165) is 19.4 Å². The average Bonchev–Trinajstić information content (AvgIpc) is 2.45. The lowest BCUT2D eigenvalue weighted by molar-refractivity contribution is 0.106. The van der Waals surface area contributed by atoms with E-state index >= 15 is 0 Å². The maximum atomic E-state index is 9.71. The Kier molecular flexibility index (Phi) is 7.59. The summed E-state index contributed by atoms with van der Waals surface area (Å²) >= 11 is 0. The highest BCUT2D eigenvalue weighted by Gasteiger charge is 2.07. The SMILES string of the molecule is N#Cc1ccccc1OCC(O)CNCCCCO. The first-order chi connectivity index (χ1) is 9.27. The Hall–Kier alpha value is -1.61. The van der Waals surface area contributed by atoms with Crippen molar-refractivity contribution in [3.63, 3.8) is 0 Å². The molecule has 3 N–H and O–H groups in total. The number of hydrogen-bond acceptors (Lipinski definition) is 5. The van der Waals surface area contributed by atoms with Crippen LogP contribution in [0.3, 0.4) is 0 Å². The average molecular weight is 264 g/mol. The predicted molar refractivity (Wildman–Crippen MR) is 71.8 cm³/mol. The van der Waals surface area contributed by atoms with E-state index in [2.05, 4.69) is 5.32 Å². The van der Waals surface area contributed by atoms with Crippen LogP contribution in [0.5, 0.6) is 5.75 Å². The Morgan fingerprint density at radius 3 is 2.84 bits per heavy atom. The van der Waals surface area contributed by atoms with Gasteiger partial charge in [-0.2, -0.15) is 5.26 Å². The first kappa shape index (κ1) is 15.4. The predicted octanol–water partition coefficient (Wildman–Crippen LogP) is 0.660. The smallest absolute Gasteiger partial charge is 0.137 e. The van der Waals surface area contributed by atoms with Gasteiger partial charge in [-0.3, -0.25) is 0 Å². The molecule has 5 nitrogen and oxygen atoms in total. The number of nitrogens with zero attached hydrogens (tertiary/aromatic N) is 1. The molecule has 0 saturated carbocycles. The Balaban J connectivity index is 2.23. The molecule has 0 spiro atoms. The van der Waals surface area contributed by atoms with Gasteiger partial charge in [-0.1, -0.05) is 12.1 Å². The zero-order chi connectivity index (χ0) is 13.9. The molecule has 0 saturated heterocycles. The van der Waals surface area contributed by atoms with Crippen molar-refractivity contribution in [1.29, 1.82) is 5.26 Å². The van der Waals surface area contributed by atoms with Gasteiger partial charge in [-0.25, -0.2) is 0 Å². The lowest BCUT2D eigenvalue weighted by Crippen LogP contribution is -2.32. The highest BCUT2D eigenvalue weighted by Crippen LogP contribution is 2.16. The maximum absolute atomic E-state index is 9.71. The van der Waals surface area contributed by atoms with E-state index in [1.807, 2.05) is 6.07 Å². The van der Waals surface area contributed by atoms with Crippen molar-refractivity contribution < 1.29 is 14.9 Å². The molecule has 0 amide bonds. The van der Waals surface area contributed by atoms with Crippen LogP contribution in [0, 0.1) is 11.3 Å². The fourth-order valence-corrected chi connectivity index (χ4v) is 1.56. The van der Waals surface area contributed by atoms with Gasteiger partial charge in [0.05, 0.1) is 5.56 Å². The molecular formula is C14H20N2O3. The summed E-state index contributed by atoms with van der Waals surface area (Å²) < 4.78 is 5.42. The lowest BCUT2D eigenvalue weighted by atomic mass is 10.2. The molecule has 0 fully saturated rings. The number of rotatable bonds is 9. The van der Waals surface area contributed by atoms with Crippen molar-refractivity contribution >= 4 is 0 Å². The van der Waals surface area contributed by atoms with Crippen LogP contribution in [-0.2, 0) is 0 Å². The van der Waals surface area contributed by atoms with Gasteiger partial charge in [0.15, 0.2) is 0 Å². The summed E-state index contributed by atoms with van der Waals surface area (Å²) in [6, 6.07) is 8.98. The standard InChI is InChI=1S/C14H20N2O3/c15-9-12-5-1-2-6-14(12)19-11-13(18)10-16-7-3-4-8-17/h1-2,5-6,13,16-18H,3-4,7-8,10-11H2. The second kappa shape index (κ2) is 9.34. The third kappa shape index (κ3) is 6.20. The van der Waals surface area contributed by atoms with Crippen LogP contribution in [0.2, 0.25) is 0 Å². The number of hydrogen-bond donors (Lipinski definition) is 3. The minimum atomic E-state index is -0.624. The summed E-state index contributed by atoms with van der Waals surface area (Å²) in [5.41, 5.74) is 0.464. The van der Waals surface area contributed by atoms with E-state index in [1.54, 1.807) is 24.3 Å². The van der Waals surface area contributed by atoms with Crippen LogP contribution in [0.4, 0.5) is 0 Å². The molecule has 1 aromatic rings. The minimum Gasteiger partial charge on any atom is -0.489 e. The van der Waals surface area contributed by atoms with Crippen molar-refractivity contribution in [3.8, 4) is 11.8 Å². The third-order valence-corrected chi connectivity index (χ3v) is 2.58. The van der Waals surface area contributed by atoms with Crippen molar-refractivity contribution in [2.45, 2.75) is 18.9 Å². The molecule has 0 aromatic heterocycles. The number of unbranched alkanes of at least 4 members (excludes halogenated alkanes) is 1. The van der Waals surface area contributed by atoms with E-state index in [-0.39, 0.29) is 13.2 Å². The molecule has 0 aliphatic heterocycles. The first-order valence-electron chi connectivity index (χ1n) is 6.39. The fraction of sp³-hybridized carbons (Fsp3) is 0.500. The number of para-hydroxylation sites is 1. The molecule has 1 rings (SSSR count). The quantitative estimate of drug-likeness (QED) is 0.570. The molecule has 1 aromatic carbocycles. The molecule has 0 heterocycles. The summed E-state index contributed by atoms with van der Waals surface area (Å²) in [5, 5.41) is 30.3. The zero-order valence-corrected chi connectivity index (χ0v) is 10.9. The van der Waals surface area contributed by atoms with E-state index in [4.69, 9.17) is 15.1 Å². The highest BCUT2D eigenvalue weighted by molar-refractivity contribution is 5.42. The van der Waals surface area contributed by atoms with Crippen molar-refractivity contribution in [2.24, 2.45) is 0 Å². The van der Waals surface area contributed by atoms with Gasteiger partial charge in [0.25, 0.3) is 0 Å². The number of benzene rings is 1. The Morgan fingerprint density at radius 2 is 2.11 bits per heavy atom. The molecule has 0 aliphatic carbocycles. The summed E-state index contributed by atoms with van der Waals surface area (Å²) in [4.78, 5) is 0. The van der Waals surface area contributed by atoms with Crippen LogP contribution in [-0.4, -0.2) is 42.6 Å². The molecule has 0 aliphatic rings. The van der Waals surface area contributed by atoms with E-state index in [9.17, 15) is 5.11 Å².